The number of hydrogen-bond donors (Lipinski definition) is 1. The Labute approximate surface area is 223 Å². The summed E-state index contributed by atoms with van der Waals surface area (Å²) in [5.74, 6) is -0.00405. The zero-order valence-corrected chi connectivity index (χ0v) is 21.6. The fourth-order valence-corrected chi connectivity index (χ4v) is 4.82. The molecule has 1 N–H and O–H groups in total. The quantitative estimate of drug-likeness (QED) is 0.509. The lowest BCUT2D eigenvalue weighted by atomic mass is 10.1. The summed E-state index contributed by atoms with van der Waals surface area (Å²) in [5.41, 5.74) is 3.36. The van der Waals surface area contributed by atoms with E-state index in [2.05, 4.69) is 25.1 Å². The molecule has 3 aromatic rings. The third kappa shape index (κ3) is 7.14. The molecule has 2 aliphatic rings. The molecule has 2 fully saturated rings. The van der Waals surface area contributed by atoms with Crippen LogP contribution in [-0.2, 0) is 13.1 Å². The van der Waals surface area contributed by atoms with Crippen LogP contribution in [0.15, 0.2) is 67.0 Å². The van der Waals surface area contributed by atoms with E-state index >= 15 is 0 Å². The summed E-state index contributed by atoms with van der Waals surface area (Å²) in [6.45, 7) is 6.64. The van der Waals surface area contributed by atoms with Gasteiger partial charge in [-0.2, -0.15) is 0 Å². The average Bonchev–Trinajstić information content (AvgIpc) is 2.96. The second-order valence-electron chi connectivity index (χ2n) is 9.83. The average molecular weight is 515 g/mol. The van der Waals surface area contributed by atoms with Crippen molar-refractivity contribution in [2.24, 2.45) is 0 Å². The molecular formula is C29H34N6O3. The molecule has 2 aliphatic heterocycles. The molecule has 2 amide bonds. The SMILES string of the molecule is O=C(Nc1ccc(OC(=O)N2CCN(Cc3ccccn3)CC2)nc1)c1ccc(CN2CCCCC2)cc1. The number of rotatable bonds is 7. The molecule has 1 aromatic carbocycles. The third-order valence-corrected chi connectivity index (χ3v) is 7.00. The van der Waals surface area contributed by atoms with Gasteiger partial charge in [-0.15, -0.1) is 0 Å². The largest absolute Gasteiger partial charge is 0.416 e. The fraction of sp³-hybridized carbons (Fsp3) is 0.379. The molecule has 0 unspecified atom stereocenters. The van der Waals surface area contributed by atoms with E-state index in [1.807, 2.05) is 42.5 Å². The smallest absolute Gasteiger partial charge is 0.391 e. The maximum absolute atomic E-state index is 12.7. The number of carbonyl (C=O) groups is 2. The number of nitrogens with one attached hydrogen (secondary N) is 1. The van der Waals surface area contributed by atoms with Crippen LogP contribution >= 0.6 is 0 Å². The minimum absolute atomic E-state index is 0.200. The van der Waals surface area contributed by atoms with Crippen LogP contribution in [0.2, 0.25) is 0 Å². The maximum Gasteiger partial charge on any atom is 0.416 e. The van der Waals surface area contributed by atoms with Crippen LogP contribution in [0.4, 0.5) is 10.5 Å². The number of anilines is 1. The van der Waals surface area contributed by atoms with Gasteiger partial charge < -0.3 is 15.0 Å². The zero-order chi connectivity index (χ0) is 26.2. The molecule has 0 saturated carbocycles. The van der Waals surface area contributed by atoms with Gasteiger partial charge in [0.2, 0.25) is 5.88 Å². The van der Waals surface area contributed by atoms with Crippen LogP contribution in [0, 0.1) is 0 Å². The molecular weight excluding hydrogens is 480 g/mol. The van der Waals surface area contributed by atoms with Crippen molar-refractivity contribution in [2.75, 3.05) is 44.6 Å². The second-order valence-corrected chi connectivity index (χ2v) is 9.83. The van der Waals surface area contributed by atoms with Crippen LogP contribution in [0.3, 0.4) is 0 Å². The first-order chi connectivity index (χ1) is 18.6. The maximum atomic E-state index is 12.7. The first-order valence-corrected chi connectivity index (χ1v) is 13.3. The first kappa shape index (κ1) is 25.8. The molecule has 2 aromatic heterocycles. The Morgan fingerprint density at radius 3 is 2.24 bits per heavy atom. The molecule has 9 nitrogen and oxygen atoms in total. The lowest BCUT2D eigenvalue weighted by Gasteiger charge is -2.33. The van der Waals surface area contributed by atoms with Gasteiger partial charge >= 0.3 is 6.09 Å². The number of piperazine rings is 1. The van der Waals surface area contributed by atoms with E-state index in [1.54, 1.807) is 23.2 Å². The number of nitrogens with zero attached hydrogens (tertiary/aromatic N) is 5. The van der Waals surface area contributed by atoms with Gasteiger partial charge in [0.05, 0.1) is 17.6 Å². The van der Waals surface area contributed by atoms with E-state index in [1.165, 1.54) is 31.0 Å². The van der Waals surface area contributed by atoms with Gasteiger partial charge in [-0.3, -0.25) is 19.6 Å². The highest BCUT2D eigenvalue weighted by molar-refractivity contribution is 6.04. The number of pyridine rings is 2. The molecule has 2 saturated heterocycles. The lowest BCUT2D eigenvalue weighted by molar-refractivity contribution is 0.102. The summed E-state index contributed by atoms with van der Waals surface area (Å²) < 4.78 is 5.46. The van der Waals surface area contributed by atoms with E-state index in [-0.39, 0.29) is 11.8 Å². The van der Waals surface area contributed by atoms with Crippen LogP contribution in [0.25, 0.3) is 0 Å². The van der Waals surface area contributed by atoms with E-state index < -0.39 is 6.09 Å². The van der Waals surface area contributed by atoms with E-state index in [4.69, 9.17) is 4.74 Å². The van der Waals surface area contributed by atoms with E-state index in [9.17, 15) is 9.59 Å². The number of ether oxygens (including phenoxy) is 1. The Morgan fingerprint density at radius 2 is 1.55 bits per heavy atom. The lowest BCUT2D eigenvalue weighted by Crippen LogP contribution is -2.49. The van der Waals surface area contributed by atoms with Gasteiger partial charge in [-0.05, 0) is 61.8 Å². The van der Waals surface area contributed by atoms with Crippen molar-refractivity contribution in [3.63, 3.8) is 0 Å². The molecule has 0 radical (unpaired) electrons. The monoisotopic (exact) mass is 514 g/mol. The number of carbonyl (C=O) groups excluding carboxylic acids is 2. The van der Waals surface area contributed by atoms with Crippen molar-refractivity contribution < 1.29 is 14.3 Å². The summed E-state index contributed by atoms with van der Waals surface area (Å²) >= 11 is 0. The van der Waals surface area contributed by atoms with Crippen molar-refractivity contribution in [2.45, 2.75) is 32.4 Å². The van der Waals surface area contributed by atoms with Crippen LogP contribution < -0.4 is 10.1 Å². The number of hydrogen-bond acceptors (Lipinski definition) is 7. The summed E-state index contributed by atoms with van der Waals surface area (Å²) in [5, 5.41) is 2.85. The van der Waals surface area contributed by atoms with Gasteiger partial charge in [0.25, 0.3) is 5.91 Å². The predicted octanol–water partition coefficient (Wildman–Crippen LogP) is 4.03. The van der Waals surface area contributed by atoms with Gasteiger partial charge in [0.1, 0.15) is 0 Å². The molecule has 0 spiro atoms. The van der Waals surface area contributed by atoms with Crippen LogP contribution in [0.5, 0.6) is 5.88 Å². The molecule has 38 heavy (non-hydrogen) atoms. The molecule has 0 bridgehead atoms. The van der Waals surface area contributed by atoms with Gasteiger partial charge in [0.15, 0.2) is 0 Å². The zero-order valence-electron chi connectivity index (χ0n) is 21.6. The molecule has 0 atom stereocenters. The summed E-state index contributed by atoms with van der Waals surface area (Å²) in [6.07, 6.45) is 6.71. The Kier molecular flexibility index (Phi) is 8.57. The molecule has 0 aliphatic carbocycles. The van der Waals surface area contributed by atoms with Crippen molar-refractivity contribution in [1.82, 2.24) is 24.7 Å². The van der Waals surface area contributed by atoms with Crippen LogP contribution in [-0.4, -0.2) is 75.9 Å². The summed E-state index contributed by atoms with van der Waals surface area (Å²) in [7, 11) is 0. The molecule has 198 valence electrons. The standard InChI is InChI=1S/C29H34N6O3/c36-28(24-9-7-23(8-10-24)21-33-14-4-1-5-15-33)32-25-11-12-27(31-20-25)38-29(37)35-18-16-34(17-19-35)22-26-6-2-3-13-30-26/h2-3,6-13,20H,1,4-5,14-19,21-22H2,(H,32,36). The number of benzene rings is 1. The third-order valence-electron chi connectivity index (χ3n) is 7.00. The summed E-state index contributed by atoms with van der Waals surface area (Å²) in [6, 6.07) is 16.9. The molecule has 5 rings (SSSR count). The molecule has 4 heterocycles. The Balaban J connectivity index is 1.06. The molecule has 9 heteroatoms. The number of aromatic nitrogens is 2. The normalized spacial score (nSPS) is 16.7. The highest BCUT2D eigenvalue weighted by Crippen LogP contribution is 2.17. The van der Waals surface area contributed by atoms with Gasteiger partial charge in [-0.25, -0.2) is 9.78 Å². The summed E-state index contributed by atoms with van der Waals surface area (Å²) in [4.78, 5) is 40.2. The van der Waals surface area contributed by atoms with Crippen molar-refractivity contribution in [3.8, 4) is 5.88 Å². The minimum Gasteiger partial charge on any atom is -0.391 e. The minimum atomic E-state index is -0.420. The topological polar surface area (TPSA) is 90.9 Å². The highest BCUT2D eigenvalue weighted by atomic mass is 16.6. The van der Waals surface area contributed by atoms with Gasteiger partial charge in [-0.1, -0.05) is 24.6 Å². The number of likely N-dealkylation sites (tertiary alicyclic amines) is 1. The Hall–Kier alpha value is -3.82. The number of amides is 2. The fourth-order valence-electron chi connectivity index (χ4n) is 4.82. The Morgan fingerprint density at radius 1 is 0.789 bits per heavy atom. The van der Waals surface area contributed by atoms with E-state index in [0.29, 0.717) is 24.3 Å². The predicted molar refractivity (Wildman–Crippen MR) is 145 cm³/mol. The highest BCUT2D eigenvalue weighted by Gasteiger charge is 2.23. The Bertz CT molecular complexity index is 1190. The second kappa shape index (κ2) is 12.6. The van der Waals surface area contributed by atoms with Gasteiger partial charge in [0, 0.05) is 57.1 Å². The van der Waals surface area contributed by atoms with Crippen LogP contribution in [0.1, 0.15) is 40.9 Å². The van der Waals surface area contributed by atoms with Crippen molar-refractivity contribution in [1.29, 1.82) is 0 Å². The van der Waals surface area contributed by atoms with Crippen molar-refractivity contribution >= 4 is 17.7 Å². The van der Waals surface area contributed by atoms with Crippen molar-refractivity contribution in [3.05, 3.63) is 83.8 Å². The number of piperidine rings is 1. The van der Waals surface area contributed by atoms with E-state index in [0.717, 1.165) is 45.0 Å². The first-order valence-electron chi connectivity index (χ1n) is 13.3.